The SMILES string of the molecule is [CH2-]n1nc(C)cc1C. The van der Waals surface area contributed by atoms with E-state index in [2.05, 4.69) is 12.1 Å². The summed E-state index contributed by atoms with van der Waals surface area (Å²) in [5, 5.41) is 4.02. The van der Waals surface area contributed by atoms with E-state index in [-0.39, 0.29) is 0 Å². The van der Waals surface area contributed by atoms with Gasteiger partial charge in [0.1, 0.15) is 0 Å². The standard InChI is InChI=1S/C6H9N2/c1-5-4-6(2)8(3)7-5/h4H,3H2,1-2H3/q-1. The van der Waals surface area contributed by atoms with Crippen LogP contribution in [-0.2, 0) is 0 Å². The van der Waals surface area contributed by atoms with Gasteiger partial charge in [-0.05, 0) is 6.92 Å². The first-order valence-electron chi connectivity index (χ1n) is 2.54. The molecule has 8 heavy (non-hydrogen) atoms. The van der Waals surface area contributed by atoms with E-state index in [4.69, 9.17) is 0 Å². The molecule has 2 nitrogen and oxygen atoms in total. The van der Waals surface area contributed by atoms with Crippen LogP contribution in [-0.4, -0.2) is 9.78 Å². The minimum atomic E-state index is 1.03. The van der Waals surface area contributed by atoms with Gasteiger partial charge in [-0.3, -0.25) is 0 Å². The molecule has 1 aromatic heterocycles. The second-order valence-corrected chi connectivity index (χ2v) is 1.93. The van der Waals surface area contributed by atoms with E-state index in [9.17, 15) is 0 Å². The van der Waals surface area contributed by atoms with Crippen LogP contribution in [0.1, 0.15) is 11.4 Å². The van der Waals surface area contributed by atoms with Crippen LogP contribution < -0.4 is 0 Å². The van der Waals surface area contributed by atoms with Crippen LogP contribution in [0.5, 0.6) is 0 Å². The van der Waals surface area contributed by atoms with Crippen LogP contribution in [0.4, 0.5) is 0 Å². The summed E-state index contributed by atoms with van der Waals surface area (Å²) in [6, 6.07) is 1.99. The second kappa shape index (κ2) is 1.54. The fourth-order valence-electron chi connectivity index (χ4n) is 0.675. The van der Waals surface area contributed by atoms with Gasteiger partial charge >= 0.3 is 0 Å². The van der Waals surface area contributed by atoms with Crippen molar-refractivity contribution >= 4 is 0 Å². The highest BCUT2D eigenvalue weighted by molar-refractivity contribution is 5.06. The maximum atomic E-state index is 4.02. The predicted octanol–water partition coefficient (Wildman–Crippen LogP) is 1.14. The highest BCUT2D eigenvalue weighted by Gasteiger charge is 1.83. The largest absolute Gasteiger partial charge is 0.406 e. The van der Waals surface area contributed by atoms with Crippen LogP contribution in [0.15, 0.2) is 6.07 Å². The van der Waals surface area contributed by atoms with Crippen molar-refractivity contribution in [2.75, 3.05) is 0 Å². The van der Waals surface area contributed by atoms with E-state index in [1.165, 1.54) is 0 Å². The Bertz CT molecular complexity index is 169. The Morgan fingerprint density at radius 3 is 2.38 bits per heavy atom. The lowest BCUT2D eigenvalue weighted by atomic mass is 10.4. The summed E-state index contributed by atoms with van der Waals surface area (Å²) in [7, 11) is 3.65. The summed E-state index contributed by atoms with van der Waals surface area (Å²) in [5.74, 6) is 0. The molecule has 0 saturated carbocycles. The lowest BCUT2D eigenvalue weighted by Crippen LogP contribution is -1.88. The van der Waals surface area contributed by atoms with Crippen LogP contribution in [0, 0.1) is 20.9 Å². The Balaban J connectivity index is 3.14. The number of nitrogens with zero attached hydrogens (tertiary/aromatic N) is 2. The zero-order valence-electron chi connectivity index (χ0n) is 5.18. The van der Waals surface area contributed by atoms with Crippen molar-refractivity contribution in [3.05, 3.63) is 24.5 Å². The fraction of sp³-hybridized carbons (Fsp3) is 0.333. The van der Waals surface area contributed by atoms with Crippen molar-refractivity contribution in [1.29, 1.82) is 0 Å². The van der Waals surface area contributed by atoms with Gasteiger partial charge in [0.25, 0.3) is 0 Å². The number of aryl methyl sites for hydroxylation is 2. The van der Waals surface area contributed by atoms with Crippen molar-refractivity contribution in [2.24, 2.45) is 0 Å². The van der Waals surface area contributed by atoms with Crippen LogP contribution in [0.3, 0.4) is 0 Å². The first kappa shape index (κ1) is 5.22. The Morgan fingerprint density at radius 2 is 2.25 bits per heavy atom. The van der Waals surface area contributed by atoms with Gasteiger partial charge in [-0.15, -0.1) is 11.8 Å². The summed E-state index contributed by atoms with van der Waals surface area (Å²) < 4.78 is 1.62. The third kappa shape index (κ3) is 0.689. The van der Waals surface area contributed by atoms with E-state index in [1.807, 2.05) is 19.9 Å². The summed E-state index contributed by atoms with van der Waals surface area (Å²) in [4.78, 5) is 0. The van der Waals surface area contributed by atoms with Crippen molar-refractivity contribution in [3.8, 4) is 0 Å². The van der Waals surface area contributed by atoms with Gasteiger partial charge in [0.15, 0.2) is 0 Å². The zero-order valence-corrected chi connectivity index (χ0v) is 5.18. The molecule has 0 fully saturated rings. The Morgan fingerprint density at radius 1 is 1.62 bits per heavy atom. The molecule has 1 aromatic rings. The second-order valence-electron chi connectivity index (χ2n) is 1.93. The third-order valence-electron chi connectivity index (χ3n) is 1.10. The molecule has 0 saturated heterocycles. The average molecular weight is 109 g/mol. The number of hydrogen-bond donors (Lipinski definition) is 0. The summed E-state index contributed by atoms with van der Waals surface area (Å²) in [5.41, 5.74) is 2.13. The fourth-order valence-corrected chi connectivity index (χ4v) is 0.675. The molecular weight excluding hydrogens is 100 g/mol. The topological polar surface area (TPSA) is 17.8 Å². The monoisotopic (exact) mass is 109 g/mol. The molecule has 0 aliphatic rings. The third-order valence-corrected chi connectivity index (χ3v) is 1.10. The number of aromatic nitrogens is 2. The Labute approximate surface area is 49.1 Å². The van der Waals surface area contributed by atoms with E-state index in [0.29, 0.717) is 0 Å². The molecule has 0 atom stereocenters. The summed E-state index contributed by atoms with van der Waals surface area (Å²) >= 11 is 0. The molecule has 0 aliphatic heterocycles. The van der Waals surface area contributed by atoms with Crippen molar-refractivity contribution in [3.63, 3.8) is 0 Å². The van der Waals surface area contributed by atoms with Gasteiger partial charge in [-0.1, -0.05) is 6.92 Å². The zero-order chi connectivity index (χ0) is 6.15. The number of rotatable bonds is 0. The number of hydrogen-bond acceptors (Lipinski definition) is 1. The lowest BCUT2D eigenvalue weighted by Gasteiger charge is -1.99. The van der Waals surface area contributed by atoms with Gasteiger partial charge in [-0.25, -0.2) is 5.10 Å². The first-order chi connectivity index (χ1) is 3.70. The maximum absolute atomic E-state index is 4.02. The van der Waals surface area contributed by atoms with E-state index >= 15 is 0 Å². The molecule has 0 amide bonds. The maximum Gasteiger partial charge on any atom is 0.0389 e. The highest BCUT2D eigenvalue weighted by Crippen LogP contribution is 1.97. The smallest absolute Gasteiger partial charge is 0.0389 e. The minimum Gasteiger partial charge on any atom is -0.406 e. The predicted molar refractivity (Wildman–Crippen MR) is 32.5 cm³/mol. The van der Waals surface area contributed by atoms with Gasteiger partial charge in [0, 0.05) is 5.69 Å². The lowest BCUT2D eigenvalue weighted by molar-refractivity contribution is 0.829. The van der Waals surface area contributed by atoms with E-state index in [1.54, 1.807) is 4.68 Å². The summed E-state index contributed by atoms with van der Waals surface area (Å²) in [6.07, 6.45) is 0. The van der Waals surface area contributed by atoms with Gasteiger partial charge < -0.3 is 4.68 Å². The van der Waals surface area contributed by atoms with Crippen molar-refractivity contribution in [1.82, 2.24) is 9.78 Å². The molecule has 0 N–H and O–H groups in total. The molecule has 1 rings (SSSR count). The molecule has 2 heteroatoms. The Kier molecular flexibility index (Phi) is 1.01. The van der Waals surface area contributed by atoms with Crippen LogP contribution >= 0.6 is 0 Å². The van der Waals surface area contributed by atoms with E-state index < -0.39 is 0 Å². The van der Waals surface area contributed by atoms with Gasteiger partial charge in [0.2, 0.25) is 0 Å². The van der Waals surface area contributed by atoms with Crippen molar-refractivity contribution < 1.29 is 0 Å². The quantitative estimate of drug-likeness (QED) is 0.457. The molecule has 0 unspecified atom stereocenters. The molecule has 44 valence electrons. The van der Waals surface area contributed by atoms with Gasteiger partial charge in [0.05, 0.1) is 0 Å². The van der Waals surface area contributed by atoms with Gasteiger partial charge in [-0.2, -0.15) is 7.05 Å². The summed E-state index contributed by atoms with van der Waals surface area (Å²) in [6.45, 7) is 3.93. The molecule has 0 bridgehead atoms. The van der Waals surface area contributed by atoms with Crippen molar-refractivity contribution in [2.45, 2.75) is 13.8 Å². The average Bonchev–Trinajstić information content (AvgIpc) is 1.85. The van der Waals surface area contributed by atoms with E-state index in [0.717, 1.165) is 11.4 Å². The molecule has 0 radical (unpaired) electrons. The molecular formula is C6H9N2-. The van der Waals surface area contributed by atoms with Crippen LogP contribution in [0.25, 0.3) is 0 Å². The molecule has 0 spiro atoms. The normalized spacial score (nSPS) is 9.75. The first-order valence-corrected chi connectivity index (χ1v) is 2.54. The minimum absolute atomic E-state index is 1.03. The molecule has 0 aromatic carbocycles. The highest BCUT2D eigenvalue weighted by atomic mass is 15.3. The molecule has 0 aliphatic carbocycles. The Hall–Kier alpha value is -0.920. The van der Waals surface area contributed by atoms with Crippen LogP contribution in [0.2, 0.25) is 0 Å². The molecule has 1 heterocycles.